The Morgan fingerprint density at radius 1 is 1.31 bits per heavy atom. The molecular weight excluding hydrogens is 164 g/mol. The highest BCUT2D eigenvalue weighted by atomic mass is 16.2. The van der Waals surface area contributed by atoms with E-state index in [0.29, 0.717) is 6.67 Å². The topological polar surface area (TPSA) is 29.1 Å². The summed E-state index contributed by atoms with van der Waals surface area (Å²) in [6.45, 7) is 6.66. The number of hydrogen-bond donors (Lipinski definition) is 1. The Labute approximate surface area is 81.7 Å². The van der Waals surface area contributed by atoms with Gasteiger partial charge < -0.3 is 9.80 Å². The normalized spacial score (nSPS) is 12.8. The Kier molecular flexibility index (Phi) is 3.91. The van der Waals surface area contributed by atoms with E-state index in [2.05, 4.69) is 26.5 Å². The third kappa shape index (κ3) is 4.88. The van der Waals surface area contributed by atoms with Crippen LogP contribution in [0, 0.1) is 5.41 Å². The van der Waals surface area contributed by atoms with Crippen molar-refractivity contribution in [1.82, 2.24) is 5.32 Å². The summed E-state index contributed by atoms with van der Waals surface area (Å²) in [6.07, 6.45) is 0.871. The minimum atomic E-state index is -0.241. The number of quaternary nitrogens is 1. The van der Waals surface area contributed by atoms with E-state index in [0.717, 1.165) is 10.9 Å². The highest BCUT2D eigenvalue weighted by Crippen LogP contribution is 2.19. The summed E-state index contributed by atoms with van der Waals surface area (Å²) >= 11 is 0. The number of nitrogens with one attached hydrogen (secondary N) is 1. The fourth-order valence-electron chi connectivity index (χ4n) is 0.709. The molecule has 13 heavy (non-hydrogen) atoms. The largest absolute Gasteiger partial charge is 0.314 e. The van der Waals surface area contributed by atoms with Crippen molar-refractivity contribution in [2.24, 2.45) is 5.41 Å². The van der Waals surface area contributed by atoms with E-state index < -0.39 is 0 Å². The molecule has 0 fully saturated rings. The Balaban J connectivity index is 4.03. The number of carbonyl (C=O) groups excluding carboxylic acids is 1. The Morgan fingerprint density at radius 2 is 1.77 bits per heavy atom. The molecule has 1 amide bonds. The molecule has 0 heterocycles. The summed E-state index contributed by atoms with van der Waals surface area (Å²) in [5, 5.41) is 2.95. The molecule has 0 aromatic rings. The maximum atomic E-state index is 11.6. The standard InChI is InChI=1S/C10H22N2O/c1-7-10(2,3)9(13)11-8-12(4,5)6/h7-8H2,1-6H3/p+1. The molecule has 0 aliphatic carbocycles. The Bertz CT molecular complexity index is 180. The zero-order valence-corrected chi connectivity index (χ0v) is 9.77. The molecule has 1 N–H and O–H groups in total. The average Bonchev–Trinajstić information content (AvgIpc) is 1.98. The first-order valence-electron chi connectivity index (χ1n) is 4.78. The van der Waals surface area contributed by atoms with Gasteiger partial charge in [-0.25, -0.2) is 0 Å². The van der Waals surface area contributed by atoms with Crippen molar-refractivity contribution in [3.05, 3.63) is 0 Å². The maximum absolute atomic E-state index is 11.6. The van der Waals surface area contributed by atoms with Gasteiger partial charge in [0.25, 0.3) is 0 Å². The monoisotopic (exact) mass is 187 g/mol. The predicted molar refractivity (Wildman–Crippen MR) is 55.1 cm³/mol. The quantitative estimate of drug-likeness (QED) is 0.520. The number of amides is 1. The van der Waals surface area contributed by atoms with Crippen LogP contribution in [0.1, 0.15) is 27.2 Å². The summed E-state index contributed by atoms with van der Waals surface area (Å²) in [4.78, 5) is 11.6. The minimum absolute atomic E-state index is 0.142. The lowest BCUT2D eigenvalue weighted by atomic mass is 9.89. The van der Waals surface area contributed by atoms with E-state index in [1.54, 1.807) is 0 Å². The van der Waals surface area contributed by atoms with Gasteiger partial charge in [0.1, 0.15) is 0 Å². The highest BCUT2D eigenvalue weighted by molar-refractivity contribution is 5.81. The summed E-state index contributed by atoms with van der Waals surface area (Å²) in [7, 11) is 6.16. The predicted octanol–water partition coefficient (Wildman–Crippen LogP) is 1.20. The Morgan fingerprint density at radius 3 is 2.08 bits per heavy atom. The number of hydrogen-bond acceptors (Lipinski definition) is 1. The lowest BCUT2D eigenvalue weighted by Gasteiger charge is -2.27. The first kappa shape index (κ1) is 12.4. The van der Waals surface area contributed by atoms with Gasteiger partial charge in [-0.05, 0) is 6.42 Å². The van der Waals surface area contributed by atoms with Crippen LogP contribution in [0.4, 0.5) is 0 Å². The third-order valence-corrected chi connectivity index (χ3v) is 2.21. The summed E-state index contributed by atoms with van der Waals surface area (Å²) in [5.41, 5.74) is -0.241. The average molecular weight is 187 g/mol. The summed E-state index contributed by atoms with van der Waals surface area (Å²) in [6, 6.07) is 0. The SMILES string of the molecule is CCC(C)(C)C(=O)NC[N+](C)(C)C. The van der Waals surface area contributed by atoms with Crippen molar-refractivity contribution in [3.63, 3.8) is 0 Å². The first-order chi connectivity index (χ1) is 5.69. The molecule has 3 heteroatoms. The van der Waals surface area contributed by atoms with E-state index in [1.807, 2.05) is 20.8 Å². The molecule has 0 rings (SSSR count). The van der Waals surface area contributed by atoms with Crippen LogP contribution in [0.3, 0.4) is 0 Å². The van der Waals surface area contributed by atoms with Crippen LogP contribution in [0.15, 0.2) is 0 Å². The first-order valence-corrected chi connectivity index (χ1v) is 4.78. The summed E-state index contributed by atoms with van der Waals surface area (Å²) in [5.74, 6) is 0.142. The highest BCUT2D eigenvalue weighted by Gasteiger charge is 2.26. The molecule has 0 aliphatic rings. The van der Waals surface area contributed by atoms with E-state index in [-0.39, 0.29) is 11.3 Å². The minimum Gasteiger partial charge on any atom is -0.314 e. The van der Waals surface area contributed by atoms with Crippen LogP contribution in [-0.2, 0) is 4.79 Å². The molecule has 0 aromatic heterocycles. The molecule has 0 unspecified atom stereocenters. The lowest BCUT2D eigenvalue weighted by Crippen LogP contribution is -2.48. The fraction of sp³-hybridized carbons (Fsp3) is 0.900. The van der Waals surface area contributed by atoms with Gasteiger partial charge >= 0.3 is 0 Å². The van der Waals surface area contributed by atoms with Gasteiger partial charge in [0.05, 0.1) is 21.1 Å². The number of nitrogens with zero attached hydrogens (tertiary/aromatic N) is 1. The van der Waals surface area contributed by atoms with E-state index >= 15 is 0 Å². The van der Waals surface area contributed by atoms with Gasteiger partial charge in [-0.1, -0.05) is 20.8 Å². The van der Waals surface area contributed by atoms with Crippen LogP contribution >= 0.6 is 0 Å². The summed E-state index contributed by atoms with van der Waals surface area (Å²) < 4.78 is 0.755. The zero-order chi connectivity index (χ0) is 10.7. The van der Waals surface area contributed by atoms with E-state index in [4.69, 9.17) is 0 Å². The van der Waals surface area contributed by atoms with Gasteiger partial charge in [0.2, 0.25) is 5.91 Å². The van der Waals surface area contributed by atoms with Crippen molar-refractivity contribution in [3.8, 4) is 0 Å². The van der Waals surface area contributed by atoms with Gasteiger partial charge in [-0.3, -0.25) is 4.79 Å². The van der Waals surface area contributed by atoms with Crippen molar-refractivity contribution >= 4 is 5.91 Å². The molecule has 0 aromatic carbocycles. The molecule has 0 atom stereocenters. The molecular formula is C10H23N2O+. The van der Waals surface area contributed by atoms with Gasteiger partial charge in [-0.15, -0.1) is 0 Å². The maximum Gasteiger partial charge on any atom is 0.229 e. The van der Waals surface area contributed by atoms with Crippen LogP contribution in [0.25, 0.3) is 0 Å². The Hall–Kier alpha value is -0.570. The smallest absolute Gasteiger partial charge is 0.229 e. The molecule has 78 valence electrons. The molecule has 0 saturated heterocycles. The van der Waals surface area contributed by atoms with Crippen LogP contribution in [0.2, 0.25) is 0 Å². The molecule has 0 radical (unpaired) electrons. The molecule has 0 saturated carbocycles. The third-order valence-electron chi connectivity index (χ3n) is 2.21. The number of carbonyl (C=O) groups is 1. The van der Waals surface area contributed by atoms with Gasteiger partial charge in [0, 0.05) is 5.41 Å². The van der Waals surface area contributed by atoms with Gasteiger partial charge in [0.15, 0.2) is 6.67 Å². The lowest BCUT2D eigenvalue weighted by molar-refractivity contribution is -0.872. The van der Waals surface area contributed by atoms with Crippen molar-refractivity contribution in [1.29, 1.82) is 0 Å². The number of rotatable bonds is 4. The molecule has 3 nitrogen and oxygen atoms in total. The van der Waals surface area contributed by atoms with E-state index in [1.165, 1.54) is 0 Å². The fourth-order valence-corrected chi connectivity index (χ4v) is 0.709. The second-order valence-corrected chi connectivity index (χ2v) is 5.19. The van der Waals surface area contributed by atoms with Crippen LogP contribution in [0.5, 0.6) is 0 Å². The molecule has 0 bridgehead atoms. The van der Waals surface area contributed by atoms with Crippen LogP contribution < -0.4 is 5.32 Å². The molecule has 0 spiro atoms. The van der Waals surface area contributed by atoms with E-state index in [9.17, 15) is 4.79 Å². The second-order valence-electron chi connectivity index (χ2n) is 5.19. The van der Waals surface area contributed by atoms with Crippen molar-refractivity contribution < 1.29 is 9.28 Å². The molecule has 0 aliphatic heterocycles. The van der Waals surface area contributed by atoms with Crippen molar-refractivity contribution in [2.75, 3.05) is 27.8 Å². The van der Waals surface area contributed by atoms with Crippen LogP contribution in [-0.4, -0.2) is 38.2 Å². The zero-order valence-electron chi connectivity index (χ0n) is 9.77. The van der Waals surface area contributed by atoms with Gasteiger partial charge in [-0.2, -0.15) is 0 Å². The second kappa shape index (κ2) is 4.09. The van der Waals surface area contributed by atoms with Crippen molar-refractivity contribution in [2.45, 2.75) is 27.2 Å².